The molecule has 2 aromatic rings. The first kappa shape index (κ1) is 17.2. The smallest absolute Gasteiger partial charge is 0.255 e. The summed E-state index contributed by atoms with van der Waals surface area (Å²) in [7, 11) is 0. The van der Waals surface area contributed by atoms with Gasteiger partial charge >= 0.3 is 0 Å². The Balaban J connectivity index is 1.57. The fraction of sp³-hybridized carbons (Fsp3) is 0.300. The van der Waals surface area contributed by atoms with Gasteiger partial charge in [-0.15, -0.1) is 0 Å². The van der Waals surface area contributed by atoms with E-state index in [2.05, 4.69) is 10.6 Å². The van der Waals surface area contributed by atoms with Crippen molar-refractivity contribution in [2.24, 2.45) is 0 Å². The van der Waals surface area contributed by atoms with Crippen molar-refractivity contribution in [3.8, 4) is 0 Å². The quantitative estimate of drug-likeness (QED) is 0.880. The molecule has 0 unspecified atom stereocenters. The average Bonchev–Trinajstić information content (AvgIpc) is 3.14. The van der Waals surface area contributed by atoms with Gasteiger partial charge in [0.25, 0.3) is 11.8 Å². The van der Waals surface area contributed by atoms with Gasteiger partial charge in [-0.3, -0.25) is 9.59 Å². The van der Waals surface area contributed by atoms with E-state index >= 15 is 0 Å². The monoisotopic (exact) mass is 338 g/mol. The summed E-state index contributed by atoms with van der Waals surface area (Å²) in [5, 5.41) is 5.73. The molecular formula is C20H22N2O3. The van der Waals surface area contributed by atoms with Crippen molar-refractivity contribution < 1.29 is 14.3 Å². The lowest BCUT2D eigenvalue weighted by molar-refractivity contribution is 0.0857. The van der Waals surface area contributed by atoms with Crippen LogP contribution in [0.25, 0.3) is 0 Å². The molecule has 25 heavy (non-hydrogen) atoms. The van der Waals surface area contributed by atoms with Crippen molar-refractivity contribution in [3.05, 3.63) is 65.2 Å². The maximum Gasteiger partial charge on any atom is 0.255 e. The van der Waals surface area contributed by atoms with Gasteiger partial charge in [0.05, 0.1) is 6.10 Å². The van der Waals surface area contributed by atoms with E-state index in [4.69, 9.17) is 4.74 Å². The summed E-state index contributed by atoms with van der Waals surface area (Å²) < 4.78 is 5.49. The Morgan fingerprint density at radius 3 is 2.52 bits per heavy atom. The molecule has 0 aromatic heterocycles. The Kier molecular flexibility index (Phi) is 5.46. The lowest BCUT2D eigenvalue weighted by Crippen LogP contribution is -2.31. The predicted octanol–water partition coefficient (Wildman–Crippen LogP) is 3.16. The Hall–Kier alpha value is -2.66. The minimum absolute atomic E-state index is 0.122. The van der Waals surface area contributed by atoms with E-state index in [1.54, 1.807) is 30.3 Å². The number of hydrogen-bond donors (Lipinski definition) is 2. The molecule has 1 atom stereocenters. The van der Waals surface area contributed by atoms with E-state index in [1.165, 1.54) is 0 Å². The lowest BCUT2D eigenvalue weighted by atomic mass is 10.1. The standard InChI is InChI=1S/C20H22N2O3/c1-14-5-2-3-7-18(14)20(24)22-16-10-8-15(9-11-16)19(23)21-13-17-6-4-12-25-17/h2-3,5,7-11,17H,4,6,12-13H2,1H3,(H,21,23)(H,22,24)/t17-/m1/s1. The van der Waals surface area contributed by atoms with Crippen LogP contribution in [-0.4, -0.2) is 31.1 Å². The number of amides is 2. The van der Waals surface area contributed by atoms with Gasteiger partial charge in [-0.1, -0.05) is 18.2 Å². The van der Waals surface area contributed by atoms with Crippen LogP contribution < -0.4 is 10.6 Å². The van der Waals surface area contributed by atoms with Crippen LogP contribution >= 0.6 is 0 Å². The number of ether oxygens (including phenoxy) is 1. The number of aryl methyl sites for hydroxylation is 1. The Morgan fingerprint density at radius 1 is 1.08 bits per heavy atom. The van der Waals surface area contributed by atoms with Crippen molar-refractivity contribution >= 4 is 17.5 Å². The van der Waals surface area contributed by atoms with E-state index in [-0.39, 0.29) is 17.9 Å². The molecule has 0 saturated carbocycles. The molecule has 130 valence electrons. The topological polar surface area (TPSA) is 67.4 Å². The molecule has 1 fully saturated rings. The molecule has 0 spiro atoms. The zero-order chi connectivity index (χ0) is 17.6. The van der Waals surface area contributed by atoms with Crippen LogP contribution in [0.15, 0.2) is 48.5 Å². The Labute approximate surface area is 147 Å². The second-order valence-electron chi connectivity index (χ2n) is 6.19. The maximum atomic E-state index is 12.3. The lowest BCUT2D eigenvalue weighted by Gasteiger charge is -2.11. The predicted molar refractivity (Wildman–Crippen MR) is 96.9 cm³/mol. The third-order valence-corrected chi connectivity index (χ3v) is 4.31. The van der Waals surface area contributed by atoms with Gasteiger partial charge in [0, 0.05) is 30.0 Å². The van der Waals surface area contributed by atoms with Crippen LogP contribution in [0, 0.1) is 6.92 Å². The number of carbonyl (C=O) groups excluding carboxylic acids is 2. The zero-order valence-electron chi connectivity index (χ0n) is 14.2. The number of benzene rings is 2. The van der Waals surface area contributed by atoms with E-state index < -0.39 is 0 Å². The van der Waals surface area contributed by atoms with Gasteiger partial charge in [-0.05, 0) is 55.7 Å². The van der Waals surface area contributed by atoms with Crippen molar-refractivity contribution in [1.29, 1.82) is 0 Å². The van der Waals surface area contributed by atoms with Gasteiger partial charge in [0.1, 0.15) is 0 Å². The molecule has 2 N–H and O–H groups in total. The molecular weight excluding hydrogens is 316 g/mol. The second-order valence-corrected chi connectivity index (χ2v) is 6.19. The van der Waals surface area contributed by atoms with Crippen LogP contribution in [-0.2, 0) is 4.74 Å². The zero-order valence-corrected chi connectivity index (χ0v) is 14.2. The number of hydrogen-bond acceptors (Lipinski definition) is 3. The van der Waals surface area contributed by atoms with Gasteiger partial charge < -0.3 is 15.4 Å². The first-order valence-electron chi connectivity index (χ1n) is 8.50. The number of carbonyl (C=O) groups is 2. The molecule has 2 amide bonds. The van der Waals surface area contributed by atoms with Gasteiger partial charge in [-0.25, -0.2) is 0 Å². The van der Waals surface area contributed by atoms with Crippen molar-refractivity contribution in [3.63, 3.8) is 0 Å². The minimum atomic E-state index is -0.159. The van der Waals surface area contributed by atoms with E-state index in [9.17, 15) is 9.59 Å². The number of nitrogens with one attached hydrogen (secondary N) is 2. The minimum Gasteiger partial charge on any atom is -0.376 e. The van der Waals surface area contributed by atoms with Gasteiger partial charge in [-0.2, -0.15) is 0 Å². The summed E-state index contributed by atoms with van der Waals surface area (Å²) in [4.78, 5) is 24.4. The van der Waals surface area contributed by atoms with Crippen LogP contribution in [0.3, 0.4) is 0 Å². The van der Waals surface area contributed by atoms with Crippen LogP contribution in [0.4, 0.5) is 5.69 Å². The van der Waals surface area contributed by atoms with Gasteiger partial charge in [0.2, 0.25) is 0 Å². The summed E-state index contributed by atoms with van der Waals surface area (Å²) in [5.74, 6) is -0.291. The van der Waals surface area contributed by atoms with Crippen molar-refractivity contribution in [1.82, 2.24) is 5.32 Å². The molecule has 0 radical (unpaired) electrons. The van der Waals surface area contributed by atoms with E-state index in [0.29, 0.717) is 23.4 Å². The van der Waals surface area contributed by atoms with Crippen LogP contribution in [0.1, 0.15) is 39.1 Å². The highest BCUT2D eigenvalue weighted by molar-refractivity contribution is 6.05. The first-order valence-corrected chi connectivity index (χ1v) is 8.50. The van der Waals surface area contributed by atoms with E-state index in [1.807, 2.05) is 25.1 Å². The normalized spacial score (nSPS) is 16.4. The molecule has 1 aliphatic heterocycles. The third kappa shape index (κ3) is 4.45. The molecule has 2 aromatic carbocycles. The SMILES string of the molecule is Cc1ccccc1C(=O)Nc1ccc(C(=O)NC[C@H]2CCCO2)cc1. The highest BCUT2D eigenvalue weighted by Crippen LogP contribution is 2.14. The molecule has 0 bridgehead atoms. The number of anilines is 1. The molecule has 5 nitrogen and oxygen atoms in total. The largest absolute Gasteiger partial charge is 0.376 e. The average molecular weight is 338 g/mol. The van der Waals surface area contributed by atoms with Crippen LogP contribution in [0.5, 0.6) is 0 Å². The molecule has 0 aliphatic carbocycles. The second kappa shape index (κ2) is 7.94. The summed E-state index contributed by atoms with van der Waals surface area (Å²) in [6, 6.07) is 14.3. The Bertz CT molecular complexity index is 750. The molecule has 1 heterocycles. The summed E-state index contributed by atoms with van der Waals surface area (Å²) in [6.07, 6.45) is 2.16. The van der Waals surface area contributed by atoms with Gasteiger partial charge in [0.15, 0.2) is 0 Å². The highest BCUT2D eigenvalue weighted by Gasteiger charge is 2.16. The maximum absolute atomic E-state index is 12.3. The van der Waals surface area contributed by atoms with Crippen molar-refractivity contribution in [2.75, 3.05) is 18.5 Å². The van der Waals surface area contributed by atoms with E-state index in [0.717, 1.165) is 25.0 Å². The number of rotatable bonds is 5. The van der Waals surface area contributed by atoms with Crippen LogP contribution in [0.2, 0.25) is 0 Å². The highest BCUT2D eigenvalue weighted by atomic mass is 16.5. The molecule has 3 rings (SSSR count). The molecule has 1 saturated heterocycles. The molecule has 5 heteroatoms. The summed E-state index contributed by atoms with van der Waals surface area (Å²) >= 11 is 0. The summed E-state index contributed by atoms with van der Waals surface area (Å²) in [5.41, 5.74) is 2.78. The Morgan fingerprint density at radius 2 is 1.84 bits per heavy atom. The fourth-order valence-corrected chi connectivity index (χ4v) is 2.84. The fourth-order valence-electron chi connectivity index (χ4n) is 2.84. The molecule has 1 aliphatic rings. The first-order chi connectivity index (χ1) is 12.1. The summed E-state index contributed by atoms with van der Waals surface area (Å²) in [6.45, 7) is 3.21. The third-order valence-electron chi connectivity index (χ3n) is 4.31. The van der Waals surface area contributed by atoms with Crippen molar-refractivity contribution in [2.45, 2.75) is 25.9 Å².